The van der Waals surface area contributed by atoms with Crippen LogP contribution in [0, 0.1) is 0 Å². The Balaban J connectivity index is 1.26. The van der Waals surface area contributed by atoms with E-state index in [0.29, 0.717) is 11.3 Å². The number of fused-ring (bicyclic) bond motifs is 12. The predicted octanol–water partition coefficient (Wildman–Crippen LogP) is 17.6. The number of hydrogen-bond donors (Lipinski definition) is 0. The summed E-state index contributed by atoms with van der Waals surface area (Å²) in [5.74, 6) is 1.40. The first-order valence-corrected chi connectivity index (χ1v) is 27.2. The standard InChI is InChI=1S/C69H67BN2OS/c1-65(2,3)42-24-29-46(30-25-42)71-56-34-41(40-20-16-15-17-21-40)35-57-60(56)70(64-63(73-57)51-38-45(68(10,11)12)28-33-58(51)74-64)53-39-50-47-22-18-19-23-52(47)69(13,14)59(50)62(61(53)71)72-54-31-26-43(66(4,5)6)36-48(54)49-37-44(67(7,8)9)27-32-55(49)72/h15-39H,1-14H3/i15D,16D,17D,20D,21D. The average molecular weight is 988 g/mol. The van der Waals surface area contributed by atoms with Crippen LogP contribution in [0.15, 0.2) is 152 Å². The van der Waals surface area contributed by atoms with Crippen LogP contribution in [0.4, 0.5) is 17.1 Å². The Kier molecular flexibility index (Phi) is 8.76. The van der Waals surface area contributed by atoms with Gasteiger partial charge in [-0.25, -0.2) is 0 Å². The van der Waals surface area contributed by atoms with Crippen molar-refractivity contribution in [2.75, 3.05) is 4.90 Å². The monoisotopic (exact) mass is 988 g/mol. The topological polar surface area (TPSA) is 17.4 Å². The summed E-state index contributed by atoms with van der Waals surface area (Å²) < 4.78 is 57.7. The normalized spacial score (nSPS) is 15.7. The molecule has 0 N–H and O–H groups in total. The molecule has 0 radical (unpaired) electrons. The summed E-state index contributed by atoms with van der Waals surface area (Å²) in [4.78, 5) is 2.43. The highest BCUT2D eigenvalue weighted by molar-refractivity contribution is 7.33. The van der Waals surface area contributed by atoms with Crippen molar-refractivity contribution in [2.45, 2.75) is 124 Å². The highest BCUT2D eigenvalue weighted by Crippen LogP contribution is 2.57. The van der Waals surface area contributed by atoms with E-state index in [1.807, 2.05) is 6.07 Å². The maximum absolute atomic E-state index is 9.44. The van der Waals surface area contributed by atoms with Gasteiger partial charge in [-0.2, -0.15) is 0 Å². The molecule has 0 bridgehead atoms. The molecule has 0 saturated carbocycles. The van der Waals surface area contributed by atoms with E-state index < -0.39 is 11.5 Å². The fourth-order valence-electron chi connectivity index (χ4n) is 12.4. The van der Waals surface area contributed by atoms with Crippen LogP contribution in [0.1, 0.15) is 137 Å². The van der Waals surface area contributed by atoms with E-state index in [2.05, 4.69) is 222 Å². The number of benzene rings is 8. The fraction of sp³-hybridized carbons (Fsp3) is 0.275. The van der Waals surface area contributed by atoms with Gasteiger partial charge >= 0.3 is 0 Å². The second kappa shape index (κ2) is 15.6. The van der Waals surface area contributed by atoms with Gasteiger partial charge in [0.05, 0.1) is 29.3 Å². The van der Waals surface area contributed by atoms with Gasteiger partial charge in [-0.1, -0.05) is 188 Å². The van der Waals surface area contributed by atoms with Crippen molar-refractivity contribution in [1.29, 1.82) is 0 Å². The van der Waals surface area contributed by atoms with Crippen molar-refractivity contribution in [3.05, 3.63) is 185 Å². The molecule has 10 aromatic rings. The van der Waals surface area contributed by atoms with Crippen molar-refractivity contribution >= 4 is 82.7 Å². The van der Waals surface area contributed by atoms with Crippen LogP contribution in [-0.2, 0) is 27.1 Å². The van der Waals surface area contributed by atoms with E-state index in [1.165, 1.54) is 55.3 Å². The van der Waals surface area contributed by atoms with Crippen LogP contribution < -0.4 is 25.3 Å². The van der Waals surface area contributed by atoms with Crippen molar-refractivity contribution in [3.8, 4) is 39.4 Å². The molecule has 3 nitrogen and oxygen atoms in total. The largest absolute Gasteiger partial charge is 0.457 e. The summed E-state index contributed by atoms with van der Waals surface area (Å²) in [6.07, 6.45) is 0. The molecule has 4 heterocycles. The molecule has 74 heavy (non-hydrogen) atoms. The van der Waals surface area contributed by atoms with Crippen molar-refractivity contribution in [3.63, 3.8) is 0 Å². The van der Waals surface area contributed by atoms with Crippen LogP contribution in [0.5, 0.6) is 11.5 Å². The molecular formula is C69H67BN2OS. The van der Waals surface area contributed by atoms with Crippen molar-refractivity contribution in [2.24, 2.45) is 0 Å². The summed E-state index contributed by atoms with van der Waals surface area (Å²) in [6.45, 7) is 31.7. The molecule has 0 saturated heterocycles. The van der Waals surface area contributed by atoms with Crippen molar-refractivity contribution < 1.29 is 11.6 Å². The predicted molar refractivity (Wildman–Crippen MR) is 320 cm³/mol. The van der Waals surface area contributed by atoms with Crippen LogP contribution in [-0.4, -0.2) is 11.3 Å². The lowest BCUT2D eigenvalue weighted by Gasteiger charge is -2.42. The SMILES string of the molecule is [2H]c1c([2H])c([2H])c(-c2cc3c4c(c2)N(c2ccc(C(C)(C)C)cc2)c2c(cc5c(c2-n2c6ccc(C(C)(C)C)cc6c6cc(C(C)(C)C)ccc62)C(C)(C)c2ccccc2-5)B4c2sc4ccc(C(C)(C)C)cc4c2O3)c([2H])c1[2H]. The van der Waals surface area contributed by atoms with E-state index in [1.54, 1.807) is 11.3 Å². The number of ether oxygens (including phenoxy) is 1. The molecule has 0 spiro atoms. The number of aromatic nitrogens is 1. The highest BCUT2D eigenvalue weighted by atomic mass is 32.1. The Morgan fingerprint density at radius 2 is 1.12 bits per heavy atom. The van der Waals surface area contributed by atoms with Gasteiger partial charge in [0.2, 0.25) is 0 Å². The summed E-state index contributed by atoms with van der Waals surface area (Å²) >= 11 is 1.79. The summed E-state index contributed by atoms with van der Waals surface area (Å²) in [7, 11) is 0. The minimum Gasteiger partial charge on any atom is -0.457 e. The Morgan fingerprint density at radius 3 is 1.73 bits per heavy atom. The number of rotatable bonds is 3. The van der Waals surface area contributed by atoms with E-state index in [9.17, 15) is 2.74 Å². The number of thiophene rings is 1. The van der Waals surface area contributed by atoms with Crippen LogP contribution in [0.25, 0.3) is 59.8 Å². The molecule has 0 amide bonds. The third kappa shape index (κ3) is 6.91. The lowest BCUT2D eigenvalue weighted by molar-refractivity contribution is 0.494. The van der Waals surface area contributed by atoms with Gasteiger partial charge in [-0.3, -0.25) is 0 Å². The molecule has 2 aromatic heterocycles. The van der Waals surface area contributed by atoms with Gasteiger partial charge in [-0.15, -0.1) is 11.3 Å². The average Bonchev–Trinajstić information content (AvgIpc) is 2.99. The Morgan fingerprint density at radius 1 is 0.554 bits per heavy atom. The summed E-state index contributed by atoms with van der Waals surface area (Å²) in [6, 6.07) is 43.8. The molecular weight excluding hydrogens is 916 g/mol. The van der Waals surface area contributed by atoms with E-state index in [4.69, 9.17) is 8.85 Å². The third-order valence-corrected chi connectivity index (χ3v) is 17.7. The van der Waals surface area contributed by atoms with Gasteiger partial charge in [0.15, 0.2) is 0 Å². The Bertz CT molecular complexity index is 4210. The smallest absolute Gasteiger partial charge is 0.269 e. The molecule has 8 aromatic carbocycles. The van der Waals surface area contributed by atoms with E-state index in [0.717, 1.165) is 65.3 Å². The molecule has 0 unspecified atom stereocenters. The van der Waals surface area contributed by atoms with E-state index >= 15 is 0 Å². The maximum atomic E-state index is 9.44. The van der Waals surface area contributed by atoms with Crippen LogP contribution >= 0.6 is 11.3 Å². The lowest BCUT2D eigenvalue weighted by Crippen LogP contribution is -2.59. The second-order valence-corrected chi connectivity index (χ2v) is 27.0. The first kappa shape index (κ1) is 41.5. The summed E-state index contributed by atoms with van der Waals surface area (Å²) in [5.41, 5.74) is 17.8. The van der Waals surface area contributed by atoms with Crippen molar-refractivity contribution in [1.82, 2.24) is 4.57 Å². The zero-order valence-corrected chi connectivity index (χ0v) is 46.2. The van der Waals surface area contributed by atoms with Gasteiger partial charge in [0.1, 0.15) is 11.5 Å². The minimum absolute atomic E-state index is 0.102. The highest BCUT2D eigenvalue weighted by Gasteiger charge is 2.49. The first-order chi connectivity index (χ1) is 37.0. The molecule has 5 heteroatoms. The number of anilines is 3. The van der Waals surface area contributed by atoms with Crippen LogP contribution in [0.3, 0.4) is 0 Å². The zero-order chi connectivity index (χ0) is 56.1. The van der Waals surface area contributed by atoms with Gasteiger partial charge in [-0.05, 0) is 149 Å². The quantitative estimate of drug-likeness (QED) is 0.164. The molecule has 3 aliphatic rings. The van der Waals surface area contributed by atoms with Gasteiger partial charge < -0.3 is 14.2 Å². The first-order valence-electron chi connectivity index (χ1n) is 28.9. The Hall–Kier alpha value is -6.82. The summed E-state index contributed by atoms with van der Waals surface area (Å²) in [5, 5.41) is 3.43. The fourth-order valence-corrected chi connectivity index (χ4v) is 13.6. The molecule has 1 aliphatic carbocycles. The minimum atomic E-state index is -0.472. The number of nitrogens with zero attached hydrogens (tertiary/aromatic N) is 2. The van der Waals surface area contributed by atoms with Crippen LogP contribution in [0.2, 0.25) is 0 Å². The maximum Gasteiger partial charge on any atom is 0.269 e. The van der Waals surface area contributed by atoms with Gasteiger partial charge in [0.25, 0.3) is 6.71 Å². The zero-order valence-electron chi connectivity index (χ0n) is 50.3. The molecule has 13 rings (SSSR count). The Labute approximate surface area is 450 Å². The molecule has 2 aliphatic heterocycles. The number of hydrogen-bond acceptors (Lipinski definition) is 3. The van der Waals surface area contributed by atoms with E-state index in [-0.39, 0.29) is 58.1 Å². The lowest BCUT2D eigenvalue weighted by atomic mass is 9.36. The second-order valence-electron chi connectivity index (χ2n) is 25.9. The molecule has 368 valence electrons. The van der Waals surface area contributed by atoms with Gasteiger partial charge in [0, 0.05) is 42.4 Å². The molecule has 0 fully saturated rings. The molecule has 0 atom stereocenters. The third-order valence-electron chi connectivity index (χ3n) is 16.5.